The normalized spacial score (nSPS) is 10.9. The zero-order valence-electron chi connectivity index (χ0n) is 17.6. The highest BCUT2D eigenvalue weighted by atomic mass is 32.2. The van der Waals surface area contributed by atoms with Crippen LogP contribution in [0.5, 0.6) is 0 Å². The molecule has 0 saturated carbocycles. The van der Waals surface area contributed by atoms with E-state index in [4.69, 9.17) is 0 Å². The molecule has 10 heteroatoms. The number of benzene rings is 3. The molecule has 0 spiro atoms. The lowest BCUT2D eigenvalue weighted by Gasteiger charge is -2.10. The summed E-state index contributed by atoms with van der Waals surface area (Å²) in [4.78, 5) is 34.1. The van der Waals surface area contributed by atoms with Crippen LogP contribution in [0, 0.1) is 10.1 Å². The highest BCUT2D eigenvalue weighted by Crippen LogP contribution is 2.21. The number of amides is 1. The van der Waals surface area contributed by atoms with Gasteiger partial charge in [-0.25, -0.2) is 8.42 Å². The Hall–Kier alpha value is -4.05. The molecule has 3 aromatic rings. The fourth-order valence-corrected chi connectivity index (χ4v) is 4.23. The minimum Gasteiger partial charge on any atom is -0.326 e. The second-order valence-corrected chi connectivity index (χ2v) is 8.97. The summed E-state index contributed by atoms with van der Waals surface area (Å²) < 4.78 is 27.6. The lowest BCUT2D eigenvalue weighted by Crippen LogP contribution is -2.13. The van der Waals surface area contributed by atoms with Gasteiger partial charge in [-0.3, -0.25) is 24.4 Å². The van der Waals surface area contributed by atoms with Gasteiger partial charge >= 0.3 is 0 Å². The van der Waals surface area contributed by atoms with Crippen LogP contribution >= 0.6 is 0 Å². The molecule has 3 aromatic carbocycles. The van der Waals surface area contributed by atoms with Gasteiger partial charge in [-0.2, -0.15) is 0 Å². The van der Waals surface area contributed by atoms with Crippen molar-refractivity contribution < 1.29 is 22.9 Å². The van der Waals surface area contributed by atoms with Gasteiger partial charge in [0.05, 0.1) is 9.82 Å². The van der Waals surface area contributed by atoms with Gasteiger partial charge in [-0.1, -0.05) is 30.3 Å². The Morgan fingerprint density at radius 1 is 0.879 bits per heavy atom. The molecule has 0 bridgehead atoms. The van der Waals surface area contributed by atoms with Gasteiger partial charge in [0.1, 0.15) is 5.78 Å². The summed E-state index contributed by atoms with van der Waals surface area (Å²) in [5.41, 5.74) is 1.70. The number of nitro groups is 1. The van der Waals surface area contributed by atoms with Crippen LogP contribution in [0.15, 0.2) is 77.7 Å². The average molecular weight is 468 g/mol. The zero-order valence-corrected chi connectivity index (χ0v) is 18.5. The van der Waals surface area contributed by atoms with Gasteiger partial charge in [0.25, 0.3) is 15.7 Å². The molecule has 0 fully saturated rings. The molecule has 0 saturated heterocycles. The van der Waals surface area contributed by atoms with Crippen molar-refractivity contribution in [2.45, 2.75) is 24.7 Å². The van der Waals surface area contributed by atoms with E-state index in [-0.39, 0.29) is 35.1 Å². The van der Waals surface area contributed by atoms with Crippen molar-refractivity contribution in [1.29, 1.82) is 0 Å². The number of para-hydroxylation sites is 1. The monoisotopic (exact) mass is 467 g/mol. The minimum absolute atomic E-state index is 0.0281. The lowest BCUT2D eigenvalue weighted by atomic mass is 10.0. The Morgan fingerprint density at radius 2 is 1.48 bits per heavy atom. The first-order valence-corrected chi connectivity index (χ1v) is 11.4. The highest BCUT2D eigenvalue weighted by molar-refractivity contribution is 7.92. The topological polar surface area (TPSA) is 135 Å². The number of nitrogens with zero attached hydrogens (tertiary/aromatic N) is 1. The van der Waals surface area contributed by atoms with Crippen molar-refractivity contribution in [3.63, 3.8) is 0 Å². The molecule has 0 aliphatic carbocycles. The molecular weight excluding hydrogens is 446 g/mol. The molecule has 1 amide bonds. The quantitative estimate of drug-likeness (QED) is 0.364. The van der Waals surface area contributed by atoms with Crippen molar-refractivity contribution in [2.24, 2.45) is 0 Å². The maximum absolute atomic E-state index is 12.6. The Balaban J connectivity index is 1.63. The van der Waals surface area contributed by atoms with Crippen molar-refractivity contribution in [3.8, 4) is 0 Å². The van der Waals surface area contributed by atoms with Crippen molar-refractivity contribution in [1.82, 2.24) is 0 Å². The number of ketones is 1. The van der Waals surface area contributed by atoms with E-state index < -0.39 is 14.9 Å². The van der Waals surface area contributed by atoms with E-state index >= 15 is 0 Å². The second-order valence-electron chi connectivity index (χ2n) is 7.29. The molecule has 0 atom stereocenters. The van der Waals surface area contributed by atoms with E-state index in [0.29, 0.717) is 22.5 Å². The zero-order chi connectivity index (χ0) is 24.0. The summed E-state index contributed by atoms with van der Waals surface area (Å²) >= 11 is 0. The van der Waals surface area contributed by atoms with Gasteiger partial charge in [0.2, 0.25) is 5.91 Å². The molecular formula is C23H21N3O6S. The number of Topliss-reactive ketones (excluding diaryl/α,β-unsaturated/α-hetero) is 1. The number of carbonyl (C=O) groups is 2. The first kappa shape index (κ1) is 23.6. The minimum atomic E-state index is -3.84. The Bertz CT molecular complexity index is 1290. The van der Waals surface area contributed by atoms with Crippen molar-refractivity contribution in [3.05, 3.63) is 94.0 Å². The number of anilines is 2. The summed E-state index contributed by atoms with van der Waals surface area (Å²) in [5.74, 6) is -0.457. The molecule has 0 aliphatic rings. The third-order valence-corrected chi connectivity index (χ3v) is 6.07. The maximum atomic E-state index is 12.6. The summed E-state index contributed by atoms with van der Waals surface area (Å²) in [7, 11) is -3.84. The summed E-state index contributed by atoms with van der Waals surface area (Å²) in [6, 6.07) is 18.1. The van der Waals surface area contributed by atoms with Crippen LogP contribution in [-0.2, 0) is 32.5 Å². The molecule has 2 N–H and O–H groups in total. The maximum Gasteiger partial charge on any atom is 0.273 e. The number of rotatable bonds is 9. The first-order valence-electron chi connectivity index (χ1n) is 9.87. The molecule has 33 heavy (non-hydrogen) atoms. The summed E-state index contributed by atoms with van der Waals surface area (Å²) in [6.45, 7) is 1.36. The van der Waals surface area contributed by atoms with E-state index in [0.717, 1.165) is 0 Å². The molecule has 170 valence electrons. The van der Waals surface area contributed by atoms with Crippen LogP contribution in [-0.4, -0.2) is 25.0 Å². The van der Waals surface area contributed by atoms with Crippen molar-refractivity contribution >= 4 is 38.8 Å². The van der Waals surface area contributed by atoms with Gasteiger partial charge in [0.15, 0.2) is 0 Å². The third kappa shape index (κ3) is 6.47. The van der Waals surface area contributed by atoms with E-state index in [9.17, 15) is 28.1 Å². The average Bonchev–Trinajstić information content (AvgIpc) is 2.75. The van der Waals surface area contributed by atoms with Gasteiger partial charge < -0.3 is 5.32 Å². The second kappa shape index (κ2) is 10.0. The third-order valence-electron chi connectivity index (χ3n) is 4.67. The molecule has 0 heterocycles. The van der Waals surface area contributed by atoms with Crippen LogP contribution < -0.4 is 10.0 Å². The standard InChI is InChI=1S/C23H21N3O6S/c1-16(27)24-19-10-12-22(13-11-19)33(31,32)25-20-8-6-17(7-9-20)14-21(28)15-18-4-2-3-5-23(18)26(29)30/h2-13,25H,14-15H2,1H3,(H,24,27). The highest BCUT2D eigenvalue weighted by Gasteiger charge is 2.17. The number of nitro benzene ring substituents is 1. The number of carbonyl (C=O) groups excluding carboxylic acids is 2. The SMILES string of the molecule is CC(=O)Nc1ccc(S(=O)(=O)Nc2ccc(CC(=O)Cc3ccccc3[N+](=O)[O-])cc2)cc1. The first-order chi connectivity index (χ1) is 15.6. The molecule has 3 rings (SSSR count). The van der Waals surface area contributed by atoms with E-state index in [2.05, 4.69) is 10.0 Å². The molecule has 0 unspecified atom stereocenters. The fraction of sp³-hybridized carbons (Fsp3) is 0.130. The van der Waals surface area contributed by atoms with Crippen LogP contribution in [0.2, 0.25) is 0 Å². The molecule has 0 aliphatic heterocycles. The fourth-order valence-electron chi connectivity index (χ4n) is 3.17. The van der Waals surface area contributed by atoms with Crippen molar-refractivity contribution in [2.75, 3.05) is 10.0 Å². The van der Waals surface area contributed by atoms with E-state index in [1.165, 1.54) is 49.4 Å². The smallest absolute Gasteiger partial charge is 0.273 e. The van der Waals surface area contributed by atoms with E-state index in [1.807, 2.05) is 0 Å². The predicted molar refractivity (Wildman–Crippen MR) is 124 cm³/mol. The number of hydrogen-bond donors (Lipinski definition) is 2. The number of sulfonamides is 1. The van der Waals surface area contributed by atoms with Crippen LogP contribution in [0.1, 0.15) is 18.1 Å². The van der Waals surface area contributed by atoms with Crippen LogP contribution in [0.25, 0.3) is 0 Å². The van der Waals surface area contributed by atoms with Gasteiger partial charge in [-0.05, 0) is 42.0 Å². The summed E-state index contributed by atoms with van der Waals surface area (Å²) in [5, 5.41) is 13.7. The number of nitrogens with one attached hydrogen (secondary N) is 2. The molecule has 9 nitrogen and oxygen atoms in total. The summed E-state index contributed by atoms with van der Waals surface area (Å²) in [6.07, 6.45) is -0.0102. The van der Waals surface area contributed by atoms with Gasteiger partial charge in [0, 0.05) is 42.8 Å². The Kier molecular flexibility index (Phi) is 7.19. The Labute approximate surface area is 190 Å². The molecule has 0 radical (unpaired) electrons. The molecule has 0 aromatic heterocycles. The van der Waals surface area contributed by atoms with Crippen LogP contribution in [0.4, 0.5) is 17.1 Å². The largest absolute Gasteiger partial charge is 0.326 e. The predicted octanol–water partition coefficient (Wildman–Crippen LogP) is 3.71. The number of hydrogen-bond acceptors (Lipinski definition) is 6. The van der Waals surface area contributed by atoms with Crippen LogP contribution in [0.3, 0.4) is 0 Å². The van der Waals surface area contributed by atoms with E-state index in [1.54, 1.807) is 30.3 Å². The lowest BCUT2D eigenvalue weighted by molar-refractivity contribution is -0.385. The Morgan fingerprint density at radius 3 is 2.09 bits per heavy atom. The van der Waals surface area contributed by atoms with Gasteiger partial charge in [-0.15, -0.1) is 0 Å².